The number of methoxy groups -OCH3 is 1. The van der Waals surface area contributed by atoms with E-state index in [9.17, 15) is 9.90 Å². The second-order valence-electron chi connectivity index (χ2n) is 2.96. The molecule has 0 aliphatic heterocycles. The maximum absolute atomic E-state index is 10.9. The molecule has 0 saturated heterocycles. The SMILES string of the molecule is COC(=O)C[C@H](O)c1ccc(Cl)cc1Cl. The van der Waals surface area contributed by atoms with Crippen molar-refractivity contribution in [2.24, 2.45) is 0 Å². The quantitative estimate of drug-likeness (QED) is 0.837. The Kier molecular flexibility index (Phi) is 4.39. The summed E-state index contributed by atoms with van der Waals surface area (Å²) >= 11 is 11.6. The zero-order valence-corrected chi connectivity index (χ0v) is 9.55. The number of halogens is 2. The zero-order chi connectivity index (χ0) is 11.4. The Hall–Kier alpha value is -0.770. The molecular weight excluding hydrogens is 239 g/mol. The molecule has 1 aromatic carbocycles. The molecule has 0 bridgehead atoms. The van der Waals surface area contributed by atoms with Gasteiger partial charge in [0.1, 0.15) is 0 Å². The summed E-state index contributed by atoms with van der Waals surface area (Å²) in [6.07, 6.45) is -1.10. The Bertz CT molecular complexity index is 366. The average molecular weight is 249 g/mol. The van der Waals surface area contributed by atoms with E-state index in [1.165, 1.54) is 13.2 Å². The van der Waals surface area contributed by atoms with Gasteiger partial charge in [-0.05, 0) is 17.7 Å². The lowest BCUT2D eigenvalue weighted by molar-refractivity contribution is -0.142. The highest BCUT2D eigenvalue weighted by Crippen LogP contribution is 2.28. The van der Waals surface area contributed by atoms with Crippen LogP contribution in [0.25, 0.3) is 0 Å². The van der Waals surface area contributed by atoms with Gasteiger partial charge in [-0.15, -0.1) is 0 Å². The van der Waals surface area contributed by atoms with Gasteiger partial charge in [-0.3, -0.25) is 4.79 Å². The molecule has 0 unspecified atom stereocenters. The number of carbonyl (C=O) groups is 1. The largest absolute Gasteiger partial charge is 0.469 e. The topological polar surface area (TPSA) is 46.5 Å². The van der Waals surface area contributed by atoms with E-state index in [1.54, 1.807) is 12.1 Å². The minimum absolute atomic E-state index is 0.127. The molecule has 15 heavy (non-hydrogen) atoms. The number of aliphatic hydroxyl groups is 1. The molecule has 1 aromatic rings. The molecule has 82 valence electrons. The molecule has 0 radical (unpaired) electrons. The van der Waals surface area contributed by atoms with E-state index in [1.807, 2.05) is 0 Å². The second kappa shape index (κ2) is 5.35. The third-order valence-corrected chi connectivity index (χ3v) is 2.47. The highest BCUT2D eigenvalue weighted by atomic mass is 35.5. The molecule has 1 N–H and O–H groups in total. The van der Waals surface area contributed by atoms with E-state index in [2.05, 4.69) is 4.74 Å². The molecule has 0 amide bonds. The van der Waals surface area contributed by atoms with Gasteiger partial charge in [-0.1, -0.05) is 29.3 Å². The van der Waals surface area contributed by atoms with Crippen LogP contribution in [0.2, 0.25) is 10.0 Å². The van der Waals surface area contributed by atoms with Crippen molar-refractivity contribution < 1.29 is 14.6 Å². The summed E-state index contributed by atoms with van der Waals surface area (Å²) in [5, 5.41) is 10.5. The van der Waals surface area contributed by atoms with Crippen LogP contribution in [-0.4, -0.2) is 18.2 Å². The summed E-state index contributed by atoms with van der Waals surface area (Å²) in [6.45, 7) is 0. The lowest BCUT2D eigenvalue weighted by Crippen LogP contribution is -2.08. The van der Waals surface area contributed by atoms with Crippen molar-refractivity contribution in [1.82, 2.24) is 0 Å². The number of ether oxygens (including phenoxy) is 1. The summed E-state index contributed by atoms with van der Waals surface area (Å²) in [7, 11) is 1.26. The normalized spacial score (nSPS) is 12.3. The number of aliphatic hydroxyl groups excluding tert-OH is 1. The third-order valence-electron chi connectivity index (χ3n) is 1.91. The van der Waals surface area contributed by atoms with Gasteiger partial charge in [0, 0.05) is 10.0 Å². The molecule has 1 atom stereocenters. The maximum Gasteiger partial charge on any atom is 0.308 e. The minimum Gasteiger partial charge on any atom is -0.469 e. The van der Waals surface area contributed by atoms with Gasteiger partial charge in [-0.2, -0.15) is 0 Å². The van der Waals surface area contributed by atoms with Crippen LogP contribution in [0, 0.1) is 0 Å². The van der Waals surface area contributed by atoms with Crippen molar-refractivity contribution in [3.63, 3.8) is 0 Å². The van der Waals surface area contributed by atoms with E-state index in [0.29, 0.717) is 15.6 Å². The van der Waals surface area contributed by atoms with Crippen LogP contribution in [0.4, 0.5) is 0 Å². The number of carbonyl (C=O) groups excluding carboxylic acids is 1. The van der Waals surface area contributed by atoms with Gasteiger partial charge in [0.25, 0.3) is 0 Å². The lowest BCUT2D eigenvalue weighted by Gasteiger charge is -2.11. The summed E-state index contributed by atoms with van der Waals surface area (Å²) in [6, 6.07) is 4.69. The van der Waals surface area contributed by atoms with E-state index < -0.39 is 12.1 Å². The van der Waals surface area contributed by atoms with Crippen LogP contribution in [0.5, 0.6) is 0 Å². The van der Waals surface area contributed by atoms with E-state index in [4.69, 9.17) is 23.2 Å². The molecule has 0 aromatic heterocycles. The molecular formula is C10H10Cl2O3. The van der Waals surface area contributed by atoms with Crippen LogP contribution in [0.3, 0.4) is 0 Å². The fourth-order valence-corrected chi connectivity index (χ4v) is 1.66. The first-order valence-electron chi connectivity index (χ1n) is 4.24. The number of hydrogen-bond acceptors (Lipinski definition) is 3. The fourth-order valence-electron chi connectivity index (χ4n) is 1.12. The fraction of sp³-hybridized carbons (Fsp3) is 0.300. The first kappa shape index (κ1) is 12.3. The molecule has 0 saturated carbocycles. The summed E-state index contributed by atoms with van der Waals surface area (Å²) in [5.41, 5.74) is 0.464. The Morgan fingerprint density at radius 3 is 2.73 bits per heavy atom. The number of hydrogen-bond donors (Lipinski definition) is 1. The first-order valence-corrected chi connectivity index (χ1v) is 5.00. The first-order chi connectivity index (χ1) is 7.04. The van der Waals surface area contributed by atoms with Gasteiger partial charge in [0.15, 0.2) is 0 Å². The van der Waals surface area contributed by atoms with Crippen molar-refractivity contribution >= 4 is 29.2 Å². The molecule has 3 nitrogen and oxygen atoms in total. The van der Waals surface area contributed by atoms with Crippen molar-refractivity contribution in [2.45, 2.75) is 12.5 Å². The molecule has 0 spiro atoms. The second-order valence-corrected chi connectivity index (χ2v) is 3.81. The molecule has 0 fully saturated rings. The van der Waals surface area contributed by atoms with Gasteiger partial charge < -0.3 is 9.84 Å². The molecule has 1 rings (SSSR count). The van der Waals surface area contributed by atoms with Crippen LogP contribution < -0.4 is 0 Å². The van der Waals surface area contributed by atoms with E-state index in [0.717, 1.165) is 0 Å². The standard InChI is InChI=1S/C10H10Cl2O3/c1-15-10(14)5-9(13)7-3-2-6(11)4-8(7)12/h2-4,9,13H,5H2,1H3/t9-/m0/s1. The Balaban J connectivity index is 2.82. The third kappa shape index (κ3) is 3.38. The summed E-state index contributed by atoms with van der Waals surface area (Å²) < 4.78 is 4.44. The molecule has 0 heterocycles. The Morgan fingerprint density at radius 2 is 2.20 bits per heavy atom. The summed E-state index contributed by atoms with van der Waals surface area (Å²) in [5.74, 6) is -0.492. The lowest BCUT2D eigenvalue weighted by atomic mass is 10.1. The minimum atomic E-state index is -0.970. The van der Waals surface area contributed by atoms with Gasteiger partial charge in [0.05, 0.1) is 19.6 Å². The van der Waals surface area contributed by atoms with Crippen molar-refractivity contribution in [2.75, 3.05) is 7.11 Å². The maximum atomic E-state index is 10.9. The molecule has 0 aliphatic carbocycles. The highest BCUT2D eigenvalue weighted by molar-refractivity contribution is 6.35. The Labute approximate surface area is 97.6 Å². The van der Waals surface area contributed by atoms with Crippen molar-refractivity contribution in [3.8, 4) is 0 Å². The van der Waals surface area contributed by atoms with Crippen LogP contribution in [0.15, 0.2) is 18.2 Å². The predicted octanol–water partition coefficient (Wildman–Crippen LogP) is 2.59. The number of benzene rings is 1. The Morgan fingerprint density at radius 1 is 1.53 bits per heavy atom. The van der Waals surface area contributed by atoms with Crippen molar-refractivity contribution in [3.05, 3.63) is 33.8 Å². The van der Waals surface area contributed by atoms with E-state index in [-0.39, 0.29) is 6.42 Å². The zero-order valence-electron chi connectivity index (χ0n) is 8.04. The highest BCUT2D eigenvalue weighted by Gasteiger charge is 2.16. The van der Waals surface area contributed by atoms with Crippen LogP contribution in [0.1, 0.15) is 18.1 Å². The predicted molar refractivity (Wildman–Crippen MR) is 58.1 cm³/mol. The van der Waals surface area contributed by atoms with E-state index >= 15 is 0 Å². The number of esters is 1. The average Bonchev–Trinajstić information content (AvgIpc) is 2.17. The number of rotatable bonds is 3. The van der Waals surface area contributed by atoms with Gasteiger partial charge in [0.2, 0.25) is 0 Å². The molecule has 5 heteroatoms. The monoisotopic (exact) mass is 248 g/mol. The van der Waals surface area contributed by atoms with Gasteiger partial charge >= 0.3 is 5.97 Å². The van der Waals surface area contributed by atoms with Crippen LogP contribution >= 0.6 is 23.2 Å². The van der Waals surface area contributed by atoms with Gasteiger partial charge in [-0.25, -0.2) is 0 Å². The molecule has 0 aliphatic rings. The van der Waals surface area contributed by atoms with Crippen LogP contribution in [-0.2, 0) is 9.53 Å². The van der Waals surface area contributed by atoms with Crippen molar-refractivity contribution in [1.29, 1.82) is 0 Å². The summed E-state index contributed by atoms with van der Waals surface area (Å²) in [4.78, 5) is 10.9. The smallest absolute Gasteiger partial charge is 0.308 e.